The molecule has 7 nitrogen and oxygen atoms in total. The number of nitrogens with zero attached hydrogens (tertiary/aromatic N) is 5. The van der Waals surface area contributed by atoms with Gasteiger partial charge in [-0.25, -0.2) is 9.97 Å². The van der Waals surface area contributed by atoms with E-state index in [1.807, 2.05) is 19.1 Å². The second kappa shape index (κ2) is 9.31. The highest BCUT2D eigenvalue weighted by molar-refractivity contribution is 5.69. The zero-order valence-electron chi connectivity index (χ0n) is 17.1. The molecular formula is C22H29N5O2. The van der Waals surface area contributed by atoms with Gasteiger partial charge in [0.15, 0.2) is 5.82 Å². The lowest BCUT2D eigenvalue weighted by molar-refractivity contribution is -0.143. The molecule has 2 aliphatic rings. The Morgan fingerprint density at radius 1 is 1.10 bits per heavy atom. The Kier molecular flexibility index (Phi) is 6.34. The van der Waals surface area contributed by atoms with Gasteiger partial charge in [0.1, 0.15) is 5.82 Å². The van der Waals surface area contributed by atoms with Crippen molar-refractivity contribution in [3.63, 3.8) is 0 Å². The topological polar surface area (TPSA) is 71.5 Å². The Morgan fingerprint density at radius 3 is 2.66 bits per heavy atom. The second-order valence-electron chi connectivity index (χ2n) is 7.66. The van der Waals surface area contributed by atoms with Crippen molar-refractivity contribution in [3.8, 4) is 11.4 Å². The molecule has 0 N–H and O–H groups in total. The number of carbonyl (C=O) groups excluding carboxylic acids is 1. The fourth-order valence-electron chi connectivity index (χ4n) is 4.12. The van der Waals surface area contributed by atoms with E-state index in [1.165, 1.54) is 24.8 Å². The Bertz CT molecular complexity index is 837. The number of hydrogen-bond acceptors (Lipinski definition) is 7. The van der Waals surface area contributed by atoms with Crippen LogP contribution in [-0.2, 0) is 22.5 Å². The van der Waals surface area contributed by atoms with Gasteiger partial charge in [-0.05, 0) is 38.3 Å². The van der Waals surface area contributed by atoms with Crippen LogP contribution >= 0.6 is 0 Å². The third-order valence-electron chi connectivity index (χ3n) is 5.65. The van der Waals surface area contributed by atoms with Crippen LogP contribution < -0.4 is 4.90 Å². The van der Waals surface area contributed by atoms with E-state index in [1.54, 1.807) is 12.4 Å². The van der Waals surface area contributed by atoms with Gasteiger partial charge in [-0.1, -0.05) is 0 Å². The SMILES string of the molecule is CCOC(=O)CCN1CCc2nc(-c3ccncc3)nc(N3CCCCC3)c2C1. The van der Waals surface area contributed by atoms with Gasteiger partial charge >= 0.3 is 5.97 Å². The number of piperidine rings is 1. The number of pyridine rings is 1. The van der Waals surface area contributed by atoms with Gasteiger partial charge < -0.3 is 9.64 Å². The maximum atomic E-state index is 11.8. The fraction of sp³-hybridized carbons (Fsp3) is 0.545. The first-order chi connectivity index (χ1) is 14.2. The summed E-state index contributed by atoms with van der Waals surface area (Å²) in [5.74, 6) is 1.73. The van der Waals surface area contributed by atoms with Gasteiger partial charge in [0.2, 0.25) is 0 Å². The van der Waals surface area contributed by atoms with Gasteiger partial charge in [-0.3, -0.25) is 14.7 Å². The molecule has 4 rings (SSSR count). The average molecular weight is 396 g/mol. The Labute approximate surface area is 172 Å². The van der Waals surface area contributed by atoms with Crippen molar-refractivity contribution in [2.75, 3.05) is 37.7 Å². The van der Waals surface area contributed by atoms with Crippen LogP contribution in [0.2, 0.25) is 0 Å². The van der Waals surface area contributed by atoms with Crippen LogP contribution in [0, 0.1) is 0 Å². The monoisotopic (exact) mass is 395 g/mol. The van der Waals surface area contributed by atoms with Gasteiger partial charge in [0.25, 0.3) is 0 Å². The number of ether oxygens (including phenoxy) is 1. The van der Waals surface area contributed by atoms with Crippen molar-refractivity contribution in [1.29, 1.82) is 0 Å². The number of rotatable bonds is 6. The molecule has 0 bridgehead atoms. The first-order valence-electron chi connectivity index (χ1n) is 10.7. The van der Waals surface area contributed by atoms with Crippen molar-refractivity contribution < 1.29 is 9.53 Å². The van der Waals surface area contributed by atoms with E-state index < -0.39 is 0 Å². The summed E-state index contributed by atoms with van der Waals surface area (Å²) in [5.41, 5.74) is 3.37. The predicted molar refractivity (Wildman–Crippen MR) is 112 cm³/mol. The zero-order chi connectivity index (χ0) is 20.1. The number of anilines is 1. The average Bonchev–Trinajstić information content (AvgIpc) is 2.78. The molecule has 0 saturated carbocycles. The molecule has 0 spiro atoms. The van der Waals surface area contributed by atoms with E-state index in [9.17, 15) is 4.79 Å². The minimum atomic E-state index is -0.126. The molecule has 7 heteroatoms. The molecule has 29 heavy (non-hydrogen) atoms. The van der Waals surface area contributed by atoms with Crippen LogP contribution in [-0.4, -0.2) is 58.6 Å². The summed E-state index contributed by atoms with van der Waals surface area (Å²) in [7, 11) is 0. The molecule has 0 aromatic carbocycles. The standard InChI is InChI=1S/C22H29N5O2/c1-2-29-20(28)9-15-26-14-8-19-18(16-26)22(27-12-4-3-5-13-27)25-21(24-19)17-6-10-23-11-7-17/h6-7,10-11H,2-5,8-9,12-16H2,1H3. The quantitative estimate of drug-likeness (QED) is 0.697. The van der Waals surface area contributed by atoms with E-state index in [0.29, 0.717) is 19.6 Å². The van der Waals surface area contributed by atoms with Crippen molar-refractivity contribution in [1.82, 2.24) is 19.9 Å². The van der Waals surface area contributed by atoms with Gasteiger partial charge in [0.05, 0.1) is 18.7 Å². The summed E-state index contributed by atoms with van der Waals surface area (Å²) in [6, 6.07) is 3.94. The second-order valence-corrected chi connectivity index (χ2v) is 7.66. The molecule has 154 valence electrons. The summed E-state index contributed by atoms with van der Waals surface area (Å²) < 4.78 is 5.08. The minimum Gasteiger partial charge on any atom is -0.466 e. The largest absolute Gasteiger partial charge is 0.466 e. The first-order valence-corrected chi connectivity index (χ1v) is 10.7. The lowest BCUT2D eigenvalue weighted by Crippen LogP contribution is -2.37. The maximum Gasteiger partial charge on any atom is 0.307 e. The normalized spacial score (nSPS) is 17.1. The van der Waals surface area contributed by atoms with Crippen molar-refractivity contribution in [2.45, 2.75) is 45.6 Å². The summed E-state index contributed by atoms with van der Waals surface area (Å²) >= 11 is 0. The van der Waals surface area contributed by atoms with Crippen LogP contribution in [0.3, 0.4) is 0 Å². The number of aromatic nitrogens is 3. The van der Waals surface area contributed by atoms with Crippen molar-refractivity contribution in [3.05, 3.63) is 35.8 Å². The van der Waals surface area contributed by atoms with Gasteiger partial charge in [-0.15, -0.1) is 0 Å². The molecule has 1 saturated heterocycles. The summed E-state index contributed by atoms with van der Waals surface area (Å²) in [6.45, 7) is 6.77. The van der Waals surface area contributed by atoms with E-state index in [4.69, 9.17) is 14.7 Å². The molecule has 0 aliphatic carbocycles. The molecule has 2 aromatic heterocycles. The molecule has 0 atom stereocenters. The van der Waals surface area contributed by atoms with Crippen LogP contribution in [0.25, 0.3) is 11.4 Å². The summed E-state index contributed by atoms with van der Waals surface area (Å²) in [5, 5.41) is 0. The molecule has 0 amide bonds. The van der Waals surface area contributed by atoms with E-state index >= 15 is 0 Å². The summed E-state index contributed by atoms with van der Waals surface area (Å²) in [6.07, 6.45) is 8.57. The van der Waals surface area contributed by atoms with Crippen LogP contribution in [0.15, 0.2) is 24.5 Å². The lowest BCUT2D eigenvalue weighted by Gasteiger charge is -2.34. The predicted octanol–water partition coefficient (Wildman–Crippen LogP) is 2.84. The highest BCUT2D eigenvalue weighted by atomic mass is 16.5. The molecule has 2 aromatic rings. The highest BCUT2D eigenvalue weighted by Crippen LogP contribution is 2.31. The number of esters is 1. The van der Waals surface area contributed by atoms with Crippen molar-refractivity contribution in [2.24, 2.45) is 0 Å². The van der Waals surface area contributed by atoms with Crippen molar-refractivity contribution >= 4 is 11.8 Å². The third-order valence-corrected chi connectivity index (χ3v) is 5.65. The van der Waals surface area contributed by atoms with Gasteiger partial charge in [0, 0.05) is 62.7 Å². The Morgan fingerprint density at radius 2 is 1.90 bits per heavy atom. The summed E-state index contributed by atoms with van der Waals surface area (Å²) in [4.78, 5) is 30.5. The van der Waals surface area contributed by atoms with E-state index in [2.05, 4.69) is 14.8 Å². The van der Waals surface area contributed by atoms with E-state index in [0.717, 1.165) is 55.5 Å². The maximum absolute atomic E-state index is 11.8. The highest BCUT2D eigenvalue weighted by Gasteiger charge is 2.26. The third kappa shape index (κ3) is 4.72. The van der Waals surface area contributed by atoms with Crippen LogP contribution in [0.4, 0.5) is 5.82 Å². The smallest absolute Gasteiger partial charge is 0.307 e. The molecule has 0 radical (unpaired) electrons. The lowest BCUT2D eigenvalue weighted by atomic mass is 10.0. The first kappa shape index (κ1) is 19.8. The number of fused-ring (bicyclic) bond motifs is 1. The zero-order valence-corrected chi connectivity index (χ0v) is 17.1. The molecule has 2 aliphatic heterocycles. The molecule has 4 heterocycles. The minimum absolute atomic E-state index is 0.126. The van der Waals surface area contributed by atoms with E-state index in [-0.39, 0.29) is 5.97 Å². The number of hydrogen-bond donors (Lipinski definition) is 0. The molecule has 1 fully saturated rings. The van der Waals surface area contributed by atoms with Crippen LogP contribution in [0.1, 0.15) is 43.9 Å². The molecule has 0 unspecified atom stereocenters. The van der Waals surface area contributed by atoms with Gasteiger partial charge in [-0.2, -0.15) is 0 Å². The Hall–Kier alpha value is -2.54. The Balaban J connectivity index is 1.61. The number of carbonyl (C=O) groups is 1. The molecular weight excluding hydrogens is 366 g/mol. The fourth-order valence-corrected chi connectivity index (χ4v) is 4.12. The van der Waals surface area contributed by atoms with Crippen LogP contribution in [0.5, 0.6) is 0 Å².